The Hall–Kier alpha value is -3.48. The fourth-order valence-corrected chi connectivity index (χ4v) is 3.87. The summed E-state index contributed by atoms with van der Waals surface area (Å²) in [4.78, 5) is 17.4. The Morgan fingerprint density at radius 1 is 0.897 bits per heavy atom. The van der Waals surface area contributed by atoms with E-state index in [0.717, 1.165) is 10.8 Å². The molecule has 1 aliphatic rings. The number of hydrogen-bond donors (Lipinski definition) is 0. The van der Waals surface area contributed by atoms with E-state index >= 15 is 0 Å². The molecular weight excluding hydrogens is 374 g/mol. The number of ether oxygens (including phenoxy) is 5. The number of pyridine rings is 1. The Morgan fingerprint density at radius 2 is 1.59 bits per heavy atom. The highest BCUT2D eigenvalue weighted by molar-refractivity contribution is 6.00. The van der Waals surface area contributed by atoms with Crippen molar-refractivity contribution in [2.45, 2.75) is 12.5 Å². The number of rotatable bonds is 5. The first-order valence-corrected chi connectivity index (χ1v) is 8.98. The Morgan fingerprint density at radius 3 is 2.24 bits per heavy atom. The number of cyclic esters (lactones) is 1. The first-order chi connectivity index (χ1) is 14.0. The largest absolute Gasteiger partial charge is 0.493 e. The lowest BCUT2D eigenvalue weighted by Gasteiger charge is -2.25. The third kappa shape index (κ3) is 2.65. The summed E-state index contributed by atoms with van der Waals surface area (Å²) in [6.45, 7) is 1.82. The number of carbonyl (C=O) groups is 1. The van der Waals surface area contributed by atoms with E-state index in [-0.39, 0.29) is 0 Å². The van der Waals surface area contributed by atoms with Crippen molar-refractivity contribution in [2.75, 3.05) is 28.4 Å². The van der Waals surface area contributed by atoms with Crippen LogP contribution in [0.15, 0.2) is 36.5 Å². The third-order valence-corrected chi connectivity index (χ3v) is 5.28. The van der Waals surface area contributed by atoms with E-state index in [0.29, 0.717) is 39.8 Å². The third-order valence-electron chi connectivity index (χ3n) is 5.28. The van der Waals surface area contributed by atoms with Crippen LogP contribution in [0.1, 0.15) is 28.5 Å². The molecule has 7 heteroatoms. The smallest absolute Gasteiger partial charge is 0.343 e. The van der Waals surface area contributed by atoms with Crippen LogP contribution in [0, 0.1) is 0 Å². The van der Waals surface area contributed by atoms with Gasteiger partial charge in [0.25, 0.3) is 0 Å². The maximum Gasteiger partial charge on any atom is 0.343 e. The molecule has 1 aromatic heterocycles. The minimum atomic E-state index is -1.11. The van der Waals surface area contributed by atoms with Crippen molar-refractivity contribution < 1.29 is 28.5 Å². The van der Waals surface area contributed by atoms with Crippen LogP contribution in [0.25, 0.3) is 10.8 Å². The summed E-state index contributed by atoms with van der Waals surface area (Å²) in [6, 6.07) is 9.15. The van der Waals surface area contributed by atoms with Crippen molar-refractivity contribution in [3.8, 4) is 23.0 Å². The fourth-order valence-electron chi connectivity index (χ4n) is 3.87. The first-order valence-electron chi connectivity index (χ1n) is 8.98. The van der Waals surface area contributed by atoms with E-state index in [2.05, 4.69) is 4.98 Å². The van der Waals surface area contributed by atoms with E-state index in [1.165, 1.54) is 14.2 Å². The summed E-state index contributed by atoms with van der Waals surface area (Å²) in [6.07, 6.45) is 1.68. The van der Waals surface area contributed by atoms with Gasteiger partial charge in [0, 0.05) is 17.1 Å². The lowest BCUT2D eigenvalue weighted by atomic mass is 9.87. The van der Waals surface area contributed by atoms with E-state index in [9.17, 15) is 4.79 Å². The minimum Gasteiger partial charge on any atom is -0.493 e. The molecular formula is C22H21NO6. The minimum absolute atomic E-state index is 0.341. The molecule has 29 heavy (non-hydrogen) atoms. The number of fused-ring (bicyclic) bond motifs is 2. The van der Waals surface area contributed by atoms with Crippen molar-refractivity contribution in [1.29, 1.82) is 0 Å². The molecule has 0 N–H and O–H groups in total. The molecule has 150 valence electrons. The lowest BCUT2D eigenvalue weighted by Crippen LogP contribution is -2.25. The van der Waals surface area contributed by atoms with Crippen molar-refractivity contribution in [2.24, 2.45) is 0 Å². The SMILES string of the molecule is COc1cc2ccnc([C@@]3(C)OC(=O)c4c3ccc(OC)c4OC)c2cc1OC. The highest BCUT2D eigenvalue weighted by atomic mass is 16.6. The van der Waals surface area contributed by atoms with E-state index in [1.54, 1.807) is 26.5 Å². The van der Waals surface area contributed by atoms with Gasteiger partial charge in [-0.25, -0.2) is 4.79 Å². The summed E-state index contributed by atoms with van der Waals surface area (Å²) in [5.74, 6) is 1.49. The van der Waals surface area contributed by atoms with Gasteiger partial charge in [0.1, 0.15) is 5.56 Å². The summed E-state index contributed by atoms with van der Waals surface area (Å²) < 4.78 is 27.5. The molecule has 0 saturated heterocycles. The maximum absolute atomic E-state index is 12.8. The zero-order valence-corrected chi connectivity index (χ0v) is 16.9. The topological polar surface area (TPSA) is 76.1 Å². The number of hydrogen-bond acceptors (Lipinski definition) is 7. The summed E-state index contributed by atoms with van der Waals surface area (Å²) in [5.41, 5.74) is 0.490. The Labute approximate surface area is 168 Å². The van der Waals surface area contributed by atoms with Crippen LogP contribution in [0.5, 0.6) is 23.0 Å². The Balaban J connectivity index is 2.00. The van der Waals surface area contributed by atoms with Crippen molar-refractivity contribution >= 4 is 16.7 Å². The highest BCUT2D eigenvalue weighted by Gasteiger charge is 2.47. The molecule has 1 aliphatic heterocycles. The molecule has 7 nitrogen and oxygen atoms in total. The lowest BCUT2D eigenvalue weighted by molar-refractivity contribution is 0.0170. The molecule has 3 aromatic rings. The number of carbonyl (C=O) groups excluding carboxylic acids is 1. The molecule has 1 atom stereocenters. The van der Waals surface area contributed by atoms with Crippen LogP contribution in [0.3, 0.4) is 0 Å². The molecule has 0 aliphatic carbocycles. The van der Waals surface area contributed by atoms with Crippen LogP contribution in [0.2, 0.25) is 0 Å². The number of benzene rings is 2. The number of esters is 1. The molecule has 0 amide bonds. The first kappa shape index (κ1) is 18.9. The molecule has 0 radical (unpaired) electrons. The molecule has 0 fully saturated rings. The standard InChI is InChI=1S/C22H21NO6/c1-22(14-6-7-15(25-2)19(28-5)18(14)21(24)29-22)20-13-11-17(27-4)16(26-3)10-12(13)8-9-23-20/h6-11H,1-5H3/t22-/m0/s1. The molecule has 0 unspecified atom stereocenters. The summed E-state index contributed by atoms with van der Waals surface area (Å²) >= 11 is 0. The second-order valence-corrected chi connectivity index (χ2v) is 6.73. The van der Waals surface area contributed by atoms with Gasteiger partial charge in [-0.2, -0.15) is 0 Å². The Kier molecular flexibility index (Phi) is 4.45. The highest BCUT2D eigenvalue weighted by Crippen LogP contribution is 2.49. The van der Waals surface area contributed by atoms with Gasteiger partial charge in [-0.15, -0.1) is 0 Å². The Bertz CT molecular complexity index is 1130. The average molecular weight is 395 g/mol. The normalized spacial score (nSPS) is 17.6. The van der Waals surface area contributed by atoms with Crippen molar-refractivity contribution in [3.05, 3.63) is 53.3 Å². The molecule has 2 heterocycles. The predicted octanol–water partition coefficient (Wildman–Crippen LogP) is 3.70. The fraction of sp³-hybridized carbons (Fsp3) is 0.273. The quantitative estimate of drug-likeness (QED) is 0.610. The second-order valence-electron chi connectivity index (χ2n) is 6.73. The number of aromatic nitrogens is 1. The van der Waals surface area contributed by atoms with Crippen LogP contribution >= 0.6 is 0 Å². The van der Waals surface area contributed by atoms with E-state index < -0.39 is 11.6 Å². The van der Waals surface area contributed by atoms with Crippen molar-refractivity contribution in [3.63, 3.8) is 0 Å². The summed E-state index contributed by atoms with van der Waals surface area (Å²) in [5, 5.41) is 1.68. The van der Waals surface area contributed by atoms with Gasteiger partial charge in [0.2, 0.25) is 0 Å². The number of methoxy groups -OCH3 is 4. The van der Waals surface area contributed by atoms with E-state index in [1.807, 2.05) is 31.2 Å². The van der Waals surface area contributed by atoms with Crippen LogP contribution in [0.4, 0.5) is 0 Å². The van der Waals surface area contributed by atoms with Gasteiger partial charge in [-0.3, -0.25) is 4.98 Å². The predicted molar refractivity (Wildman–Crippen MR) is 106 cm³/mol. The number of nitrogens with zero attached hydrogens (tertiary/aromatic N) is 1. The average Bonchev–Trinajstić information content (AvgIpc) is 3.02. The van der Waals surface area contributed by atoms with Crippen LogP contribution < -0.4 is 18.9 Å². The van der Waals surface area contributed by atoms with E-state index in [4.69, 9.17) is 23.7 Å². The van der Waals surface area contributed by atoms with Gasteiger partial charge in [-0.05, 0) is 42.6 Å². The van der Waals surface area contributed by atoms with Gasteiger partial charge in [0.05, 0.1) is 34.1 Å². The van der Waals surface area contributed by atoms with Gasteiger partial charge in [0.15, 0.2) is 28.6 Å². The second kappa shape index (κ2) is 6.84. The molecule has 2 aromatic carbocycles. The zero-order valence-electron chi connectivity index (χ0n) is 16.9. The monoisotopic (exact) mass is 395 g/mol. The summed E-state index contributed by atoms with van der Waals surface area (Å²) in [7, 11) is 6.18. The van der Waals surface area contributed by atoms with Crippen molar-refractivity contribution in [1.82, 2.24) is 4.98 Å². The molecule has 0 saturated carbocycles. The molecule has 0 spiro atoms. The zero-order chi connectivity index (χ0) is 20.8. The van der Waals surface area contributed by atoms with Gasteiger partial charge >= 0.3 is 5.97 Å². The molecule has 0 bridgehead atoms. The molecule has 4 rings (SSSR count). The van der Waals surface area contributed by atoms with Gasteiger partial charge < -0.3 is 23.7 Å². The van der Waals surface area contributed by atoms with Crippen LogP contribution in [-0.4, -0.2) is 39.4 Å². The van der Waals surface area contributed by atoms with Gasteiger partial charge in [-0.1, -0.05) is 0 Å². The van der Waals surface area contributed by atoms with Crippen LogP contribution in [-0.2, 0) is 10.3 Å². The maximum atomic E-state index is 12.8.